The van der Waals surface area contributed by atoms with E-state index in [0.29, 0.717) is 0 Å². The molecule has 2 aromatic carbocycles. The summed E-state index contributed by atoms with van der Waals surface area (Å²) in [6, 6.07) is 14.5. The van der Waals surface area contributed by atoms with E-state index in [1.807, 2.05) is 26.1 Å². The maximum Gasteiger partial charge on any atom is 0.0645 e. The van der Waals surface area contributed by atoms with Crippen molar-refractivity contribution in [3.8, 4) is 0 Å². The highest BCUT2D eigenvalue weighted by molar-refractivity contribution is 6.33. The van der Waals surface area contributed by atoms with Crippen LogP contribution < -0.4 is 10.6 Å². The zero-order valence-electron chi connectivity index (χ0n) is 12.2. The van der Waals surface area contributed by atoms with Gasteiger partial charge < -0.3 is 10.6 Å². The van der Waals surface area contributed by atoms with E-state index >= 15 is 0 Å². The van der Waals surface area contributed by atoms with Crippen molar-refractivity contribution in [1.82, 2.24) is 0 Å². The Morgan fingerprint density at radius 1 is 1.15 bits per heavy atom. The van der Waals surface area contributed by atoms with Crippen LogP contribution in [0.1, 0.15) is 18.1 Å². The van der Waals surface area contributed by atoms with Gasteiger partial charge in [-0.1, -0.05) is 41.4 Å². The molecule has 0 aliphatic heterocycles. The molecule has 0 aliphatic rings. The molecule has 0 heterocycles. The topological polar surface area (TPSA) is 29.3 Å². The lowest BCUT2D eigenvalue weighted by atomic mass is 10.0. The minimum absolute atomic E-state index is 0.110. The van der Waals surface area contributed by atoms with Gasteiger partial charge in [-0.3, -0.25) is 0 Å². The summed E-state index contributed by atoms with van der Waals surface area (Å²) in [6.07, 6.45) is 0.812. The first-order chi connectivity index (χ1) is 9.49. The first kappa shape index (κ1) is 14.9. The Bertz CT molecular complexity index is 576. The molecule has 0 fully saturated rings. The molecular weight excluding hydrogens is 268 g/mol. The Labute approximate surface area is 126 Å². The van der Waals surface area contributed by atoms with E-state index in [0.717, 1.165) is 22.8 Å². The molecule has 0 saturated carbocycles. The molecule has 0 spiro atoms. The molecule has 0 amide bonds. The number of benzene rings is 2. The molecule has 0 radical (unpaired) electrons. The van der Waals surface area contributed by atoms with Crippen molar-refractivity contribution in [2.45, 2.75) is 26.3 Å². The van der Waals surface area contributed by atoms with Crippen LogP contribution in [0.15, 0.2) is 42.5 Å². The number of nitrogens with two attached hydrogens (primary N) is 1. The average molecular weight is 289 g/mol. The van der Waals surface area contributed by atoms with Gasteiger partial charge in [-0.05, 0) is 44.0 Å². The monoisotopic (exact) mass is 288 g/mol. The van der Waals surface area contributed by atoms with Crippen molar-refractivity contribution in [3.63, 3.8) is 0 Å². The number of halogens is 1. The number of hydrogen-bond donors (Lipinski definition) is 1. The molecule has 2 N–H and O–H groups in total. The van der Waals surface area contributed by atoms with E-state index < -0.39 is 0 Å². The van der Waals surface area contributed by atoms with E-state index in [2.05, 4.69) is 42.2 Å². The summed E-state index contributed by atoms with van der Waals surface area (Å²) in [7, 11) is 2.04. The van der Waals surface area contributed by atoms with Crippen molar-refractivity contribution in [2.75, 3.05) is 11.9 Å². The van der Waals surface area contributed by atoms with Crippen LogP contribution in [-0.2, 0) is 6.42 Å². The molecule has 0 bridgehead atoms. The highest BCUT2D eigenvalue weighted by Gasteiger charge is 2.14. The summed E-state index contributed by atoms with van der Waals surface area (Å²) in [5, 5.41) is 0.756. The van der Waals surface area contributed by atoms with E-state index in [4.69, 9.17) is 17.3 Å². The van der Waals surface area contributed by atoms with Gasteiger partial charge in [0.2, 0.25) is 0 Å². The standard InChI is InChI=1S/C17H21ClN2/c1-12-7-9-15(10-8-12)20(3)17-14(11-13(2)19)5-4-6-16(17)18/h4-10,13H,11,19H2,1-3H3. The molecule has 0 aromatic heterocycles. The van der Waals surface area contributed by atoms with Crippen LogP contribution in [0.4, 0.5) is 11.4 Å². The Morgan fingerprint density at radius 2 is 1.80 bits per heavy atom. The molecule has 1 atom stereocenters. The van der Waals surface area contributed by atoms with Gasteiger partial charge in [-0.15, -0.1) is 0 Å². The minimum atomic E-state index is 0.110. The second-order valence-corrected chi connectivity index (χ2v) is 5.73. The average Bonchev–Trinajstić information content (AvgIpc) is 2.38. The van der Waals surface area contributed by atoms with Crippen molar-refractivity contribution in [2.24, 2.45) is 5.73 Å². The Balaban J connectivity index is 2.42. The van der Waals surface area contributed by atoms with Crippen LogP contribution in [0.3, 0.4) is 0 Å². The first-order valence-corrected chi connectivity index (χ1v) is 7.20. The molecular formula is C17H21ClN2. The largest absolute Gasteiger partial charge is 0.343 e. The SMILES string of the molecule is Cc1ccc(N(C)c2c(Cl)cccc2CC(C)N)cc1. The Morgan fingerprint density at radius 3 is 2.40 bits per heavy atom. The van der Waals surface area contributed by atoms with Crippen LogP contribution in [0.5, 0.6) is 0 Å². The summed E-state index contributed by atoms with van der Waals surface area (Å²) in [4.78, 5) is 2.12. The molecule has 0 aliphatic carbocycles. The van der Waals surface area contributed by atoms with E-state index in [1.165, 1.54) is 11.1 Å². The molecule has 106 valence electrons. The van der Waals surface area contributed by atoms with Gasteiger partial charge in [0.15, 0.2) is 0 Å². The first-order valence-electron chi connectivity index (χ1n) is 6.82. The smallest absolute Gasteiger partial charge is 0.0645 e. The van der Waals surface area contributed by atoms with E-state index in [9.17, 15) is 0 Å². The molecule has 2 aromatic rings. The molecule has 20 heavy (non-hydrogen) atoms. The van der Waals surface area contributed by atoms with Gasteiger partial charge in [0.05, 0.1) is 10.7 Å². The third-order valence-corrected chi connectivity index (χ3v) is 3.67. The lowest BCUT2D eigenvalue weighted by molar-refractivity contribution is 0.737. The van der Waals surface area contributed by atoms with Gasteiger partial charge in [0, 0.05) is 18.8 Å². The normalized spacial score (nSPS) is 12.2. The zero-order chi connectivity index (χ0) is 14.7. The van der Waals surface area contributed by atoms with Gasteiger partial charge in [0.25, 0.3) is 0 Å². The number of anilines is 2. The van der Waals surface area contributed by atoms with E-state index in [-0.39, 0.29) is 6.04 Å². The Hall–Kier alpha value is -1.51. The number of aryl methyl sites for hydroxylation is 1. The lowest BCUT2D eigenvalue weighted by Crippen LogP contribution is -2.20. The predicted molar refractivity (Wildman–Crippen MR) is 88.0 cm³/mol. The molecule has 2 nitrogen and oxygen atoms in total. The third kappa shape index (κ3) is 3.33. The summed E-state index contributed by atoms with van der Waals surface area (Å²) < 4.78 is 0. The maximum absolute atomic E-state index is 6.41. The fraction of sp³-hybridized carbons (Fsp3) is 0.294. The number of para-hydroxylation sites is 1. The van der Waals surface area contributed by atoms with Crippen LogP contribution >= 0.6 is 11.6 Å². The summed E-state index contributed by atoms with van der Waals surface area (Å²) in [5.74, 6) is 0. The molecule has 2 rings (SSSR count). The zero-order valence-corrected chi connectivity index (χ0v) is 13.0. The molecule has 3 heteroatoms. The van der Waals surface area contributed by atoms with Crippen molar-refractivity contribution in [3.05, 3.63) is 58.6 Å². The van der Waals surface area contributed by atoms with Gasteiger partial charge in [-0.2, -0.15) is 0 Å². The quantitative estimate of drug-likeness (QED) is 0.908. The number of hydrogen-bond acceptors (Lipinski definition) is 2. The number of nitrogens with zero attached hydrogens (tertiary/aromatic N) is 1. The minimum Gasteiger partial charge on any atom is -0.343 e. The summed E-state index contributed by atoms with van der Waals surface area (Å²) >= 11 is 6.41. The highest BCUT2D eigenvalue weighted by Crippen LogP contribution is 2.34. The van der Waals surface area contributed by atoms with Crippen molar-refractivity contribution < 1.29 is 0 Å². The van der Waals surface area contributed by atoms with Crippen LogP contribution in [-0.4, -0.2) is 13.1 Å². The fourth-order valence-corrected chi connectivity index (χ4v) is 2.67. The van der Waals surface area contributed by atoms with Crippen LogP contribution in [0.25, 0.3) is 0 Å². The Kier molecular flexibility index (Phi) is 4.69. The van der Waals surface area contributed by atoms with Gasteiger partial charge in [-0.25, -0.2) is 0 Å². The number of rotatable bonds is 4. The summed E-state index contributed by atoms with van der Waals surface area (Å²) in [5.41, 5.74) is 10.5. The molecule has 0 saturated heterocycles. The molecule has 1 unspecified atom stereocenters. The van der Waals surface area contributed by atoms with Crippen LogP contribution in [0, 0.1) is 6.92 Å². The second kappa shape index (κ2) is 6.29. The third-order valence-electron chi connectivity index (χ3n) is 3.37. The van der Waals surface area contributed by atoms with Crippen LogP contribution in [0.2, 0.25) is 5.02 Å². The van der Waals surface area contributed by atoms with Crippen molar-refractivity contribution >= 4 is 23.0 Å². The van der Waals surface area contributed by atoms with Gasteiger partial charge in [0.1, 0.15) is 0 Å². The fourth-order valence-electron chi connectivity index (χ4n) is 2.34. The van der Waals surface area contributed by atoms with Gasteiger partial charge >= 0.3 is 0 Å². The lowest BCUT2D eigenvalue weighted by Gasteiger charge is -2.24. The van der Waals surface area contributed by atoms with Crippen molar-refractivity contribution in [1.29, 1.82) is 0 Å². The second-order valence-electron chi connectivity index (χ2n) is 5.32. The van der Waals surface area contributed by atoms with E-state index in [1.54, 1.807) is 0 Å². The summed E-state index contributed by atoms with van der Waals surface area (Å²) in [6.45, 7) is 4.09. The maximum atomic E-state index is 6.41. The predicted octanol–water partition coefficient (Wildman–Crippen LogP) is 4.31. The highest BCUT2D eigenvalue weighted by atomic mass is 35.5.